The zero-order valence-corrected chi connectivity index (χ0v) is 8.41. The summed E-state index contributed by atoms with van der Waals surface area (Å²) < 4.78 is 0. The molecule has 3 nitrogen and oxygen atoms in total. The summed E-state index contributed by atoms with van der Waals surface area (Å²) in [5.41, 5.74) is 2.16. The predicted octanol–water partition coefficient (Wildman–Crippen LogP) is 1.72. The first-order valence-corrected chi connectivity index (χ1v) is 4.27. The van der Waals surface area contributed by atoms with Gasteiger partial charge in [0.2, 0.25) is 0 Å². The Bertz CT molecular complexity index is 307. The van der Waals surface area contributed by atoms with Crippen molar-refractivity contribution in [1.29, 1.82) is 0 Å². The molecule has 0 fully saturated rings. The minimum atomic E-state index is 0.803. The molecular formula is C10H15N3. The summed E-state index contributed by atoms with van der Waals surface area (Å²) in [6.07, 6.45) is 3.45. The number of aromatic nitrogens is 2. The van der Waals surface area contributed by atoms with E-state index in [0.29, 0.717) is 0 Å². The van der Waals surface area contributed by atoms with Gasteiger partial charge in [0.1, 0.15) is 12.1 Å². The Labute approximate surface area is 79.1 Å². The SMILES string of the molecule is C=CCN(C)c1ncnc(C)c1C. The lowest BCUT2D eigenvalue weighted by Gasteiger charge is -2.18. The Morgan fingerprint density at radius 3 is 2.77 bits per heavy atom. The fraction of sp³-hybridized carbons (Fsp3) is 0.400. The summed E-state index contributed by atoms with van der Waals surface area (Å²) in [6, 6.07) is 0. The molecule has 1 aromatic heterocycles. The van der Waals surface area contributed by atoms with E-state index < -0.39 is 0 Å². The molecule has 0 saturated carbocycles. The first kappa shape index (κ1) is 9.71. The highest BCUT2D eigenvalue weighted by atomic mass is 15.2. The van der Waals surface area contributed by atoms with Crippen LogP contribution >= 0.6 is 0 Å². The van der Waals surface area contributed by atoms with Crippen molar-refractivity contribution in [1.82, 2.24) is 9.97 Å². The molecule has 0 bridgehead atoms. The van der Waals surface area contributed by atoms with Gasteiger partial charge in [-0.2, -0.15) is 0 Å². The molecule has 0 N–H and O–H groups in total. The van der Waals surface area contributed by atoms with Crippen LogP contribution in [0.4, 0.5) is 5.82 Å². The van der Waals surface area contributed by atoms with Gasteiger partial charge < -0.3 is 4.90 Å². The van der Waals surface area contributed by atoms with E-state index in [-0.39, 0.29) is 0 Å². The second-order valence-corrected chi connectivity index (χ2v) is 3.08. The fourth-order valence-corrected chi connectivity index (χ4v) is 1.19. The molecule has 1 heterocycles. The Kier molecular flexibility index (Phi) is 3.01. The summed E-state index contributed by atoms with van der Waals surface area (Å²) in [6.45, 7) is 8.52. The maximum atomic E-state index is 4.22. The molecule has 0 aliphatic rings. The highest BCUT2D eigenvalue weighted by Crippen LogP contribution is 2.15. The molecule has 0 unspecified atom stereocenters. The van der Waals surface area contributed by atoms with E-state index in [1.807, 2.05) is 27.0 Å². The van der Waals surface area contributed by atoms with Gasteiger partial charge in [-0.15, -0.1) is 6.58 Å². The van der Waals surface area contributed by atoms with Crippen LogP contribution < -0.4 is 4.90 Å². The normalized spacial score (nSPS) is 9.77. The monoisotopic (exact) mass is 177 g/mol. The predicted molar refractivity (Wildman–Crippen MR) is 55.0 cm³/mol. The van der Waals surface area contributed by atoms with E-state index in [1.165, 1.54) is 0 Å². The maximum Gasteiger partial charge on any atom is 0.135 e. The van der Waals surface area contributed by atoms with Gasteiger partial charge in [-0.05, 0) is 13.8 Å². The van der Waals surface area contributed by atoms with Gasteiger partial charge in [-0.3, -0.25) is 0 Å². The van der Waals surface area contributed by atoms with Gasteiger partial charge in [0.05, 0.1) is 0 Å². The fourth-order valence-electron chi connectivity index (χ4n) is 1.19. The number of aryl methyl sites for hydroxylation is 1. The van der Waals surface area contributed by atoms with Gasteiger partial charge in [0.15, 0.2) is 0 Å². The van der Waals surface area contributed by atoms with E-state index in [2.05, 4.69) is 21.4 Å². The molecule has 0 aromatic carbocycles. The van der Waals surface area contributed by atoms with Crippen LogP contribution in [0.1, 0.15) is 11.3 Å². The summed E-state index contributed by atoms with van der Waals surface area (Å²) in [5, 5.41) is 0. The highest BCUT2D eigenvalue weighted by molar-refractivity contribution is 5.47. The van der Waals surface area contributed by atoms with Crippen LogP contribution in [0.2, 0.25) is 0 Å². The standard InChI is InChI=1S/C10H15N3/c1-5-6-13(4)10-8(2)9(3)11-7-12-10/h5,7H,1,6H2,2-4H3. The van der Waals surface area contributed by atoms with Crippen LogP contribution in [0.5, 0.6) is 0 Å². The lowest BCUT2D eigenvalue weighted by Crippen LogP contribution is -2.19. The molecule has 0 radical (unpaired) electrons. The third kappa shape index (κ3) is 2.05. The molecular weight excluding hydrogens is 162 g/mol. The van der Waals surface area contributed by atoms with Crippen LogP contribution in [-0.2, 0) is 0 Å². The van der Waals surface area contributed by atoms with E-state index in [0.717, 1.165) is 23.6 Å². The van der Waals surface area contributed by atoms with Gasteiger partial charge in [-0.25, -0.2) is 9.97 Å². The molecule has 0 atom stereocenters. The summed E-state index contributed by atoms with van der Waals surface area (Å²) in [4.78, 5) is 10.4. The van der Waals surface area contributed by atoms with Crippen molar-refractivity contribution >= 4 is 5.82 Å². The lowest BCUT2D eigenvalue weighted by atomic mass is 10.2. The Hall–Kier alpha value is -1.38. The van der Waals surface area contributed by atoms with Gasteiger partial charge in [0, 0.05) is 24.8 Å². The molecule has 70 valence electrons. The highest BCUT2D eigenvalue weighted by Gasteiger charge is 2.06. The van der Waals surface area contributed by atoms with E-state index in [9.17, 15) is 0 Å². The van der Waals surface area contributed by atoms with Crippen molar-refractivity contribution in [3.05, 3.63) is 30.2 Å². The van der Waals surface area contributed by atoms with Crippen LogP contribution in [0.3, 0.4) is 0 Å². The Morgan fingerprint density at radius 2 is 2.15 bits per heavy atom. The topological polar surface area (TPSA) is 29.0 Å². The van der Waals surface area contributed by atoms with Gasteiger partial charge >= 0.3 is 0 Å². The Morgan fingerprint density at radius 1 is 1.46 bits per heavy atom. The number of anilines is 1. The molecule has 0 saturated heterocycles. The molecule has 1 rings (SSSR count). The summed E-state index contributed by atoms with van der Waals surface area (Å²) >= 11 is 0. The first-order valence-electron chi connectivity index (χ1n) is 4.27. The summed E-state index contributed by atoms with van der Waals surface area (Å²) in [5.74, 6) is 0.979. The van der Waals surface area contributed by atoms with Gasteiger partial charge in [0.25, 0.3) is 0 Å². The van der Waals surface area contributed by atoms with Crippen molar-refractivity contribution in [2.24, 2.45) is 0 Å². The summed E-state index contributed by atoms with van der Waals surface area (Å²) in [7, 11) is 2.00. The molecule has 1 aromatic rings. The lowest BCUT2D eigenvalue weighted by molar-refractivity contribution is 0.944. The van der Waals surface area contributed by atoms with Crippen LogP contribution in [0.15, 0.2) is 19.0 Å². The van der Waals surface area contributed by atoms with Crippen LogP contribution in [-0.4, -0.2) is 23.6 Å². The minimum Gasteiger partial charge on any atom is -0.356 e. The molecule has 0 amide bonds. The third-order valence-electron chi connectivity index (χ3n) is 2.07. The molecule has 3 heteroatoms. The van der Waals surface area contributed by atoms with Gasteiger partial charge in [-0.1, -0.05) is 6.08 Å². The average Bonchev–Trinajstić information content (AvgIpc) is 2.10. The quantitative estimate of drug-likeness (QED) is 0.658. The van der Waals surface area contributed by atoms with E-state index in [4.69, 9.17) is 0 Å². The molecule has 0 aliphatic carbocycles. The van der Waals surface area contributed by atoms with Crippen molar-refractivity contribution in [2.45, 2.75) is 13.8 Å². The third-order valence-corrected chi connectivity index (χ3v) is 2.07. The number of likely N-dealkylation sites (N-methyl/N-ethyl adjacent to an activating group) is 1. The van der Waals surface area contributed by atoms with Crippen molar-refractivity contribution < 1.29 is 0 Å². The van der Waals surface area contributed by atoms with Crippen molar-refractivity contribution in [3.63, 3.8) is 0 Å². The number of nitrogens with zero attached hydrogens (tertiary/aromatic N) is 3. The van der Waals surface area contributed by atoms with E-state index in [1.54, 1.807) is 6.33 Å². The second kappa shape index (κ2) is 4.03. The molecule has 13 heavy (non-hydrogen) atoms. The number of hydrogen-bond donors (Lipinski definition) is 0. The van der Waals surface area contributed by atoms with E-state index >= 15 is 0 Å². The molecule has 0 aliphatic heterocycles. The first-order chi connectivity index (χ1) is 6.16. The average molecular weight is 177 g/mol. The maximum absolute atomic E-state index is 4.22. The van der Waals surface area contributed by atoms with Crippen molar-refractivity contribution in [3.8, 4) is 0 Å². The van der Waals surface area contributed by atoms with Crippen LogP contribution in [0, 0.1) is 13.8 Å². The largest absolute Gasteiger partial charge is 0.356 e. The Balaban J connectivity index is 3.00. The smallest absolute Gasteiger partial charge is 0.135 e. The molecule has 0 spiro atoms. The van der Waals surface area contributed by atoms with Crippen molar-refractivity contribution in [2.75, 3.05) is 18.5 Å². The minimum absolute atomic E-state index is 0.803. The zero-order chi connectivity index (χ0) is 9.84. The van der Waals surface area contributed by atoms with Crippen LogP contribution in [0.25, 0.3) is 0 Å². The number of rotatable bonds is 3. The second-order valence-electron chi connectivity index (χ2n) is 3.08. The zero-order valence-electron chi connectivity index (χ0n) is 8.41. The number of hydrogen-bond acceptors (Lipinski definition) is 3.